The zero-order chi connectivity index (χ0) is 16.4. The Labute approximate surface area is 133 Å². The molecule has 1 amide bonds. The number of ether oxygens (including phenoxy) is 2. The summed E-state index contributed by atoms with van der Waals surface area (Å²) in [5.74, 6) is 6.05. The molecule has 2 heterocycles. The van der Waals surface area contributed by atoms with Crippen molar-refractivity contribution in [3.05, 3.63) is 0 Å². The first-order chi connectivity index (χ1) is 10.2. The monoisotopic (exact) mass is 309 g/mol. The second kappa shape index (κ2) is 6.47. The van der Waals surface area contributed by atoms with Crippen molar-refractivity contribution in [2.24, 2.45) is 0 Å². The van der Waals surface area contributed by atoms with Crippen molar-refractivity contribution in [3.8, 4) is 11.8 Å². The number of carbonyl (C=O) groups is 1. The van der Waals surface area contributed by atoms with Gasteiger partial charge in [0.25, 0.3) is 0 Å². The maximum Gasteiger partial charge on any atom is 0.410 e. The molecule has 2 atom stereocenters. The minimum atomic E-state index is -0.834. The van der Waals surface area contributed by atoms with Gasteiger partial charge in [0.2, 0.25) is 0 Å². The molecule has 2 fully saturated rings. The zero-order valence-corrected chi connectivity index (χ0v) is 14.0. The molecule has 5 heteroatoms. The molecule has 0 aromatic heterocycles. The summed E-state index contributed by atoms with van der Waals surface area (Å²) in [7, 11) is 0. The molecule has 124 valence electrons. The van der Waals surface area contributed by atoms with Crippen LogP contribution in [0.3, 0.4) is 0 Å². The van der Waals surface area contributed by atoms with Gasteiger partial charge in [0.05, 0.1) is 30.9 Å². The number of fused-ring (bicyclic) bond motifs is 2. The molecule has 0 radical (unpaired) electrons. The Hall–Kier alpha value is -1.25. The van der Waals surface area contributed by atoms with Gasteiger partial charge in [0, 0.05) is 12.8 Å². The zero-order valence-electron chi connectivity index (χ0n) is 14.0. The average Bonchev–Trinajstić information content (AvgIpc) is 2.35. The molecular formula is C17H27NO4. The first-order valence-electron chi connectivity index (χ1n) is 8.01. The van der Waals surface area contributed by atoms with Gasteiger partial charge >= 0.3 is 6.09 Å². The molecule has 22 heavy (non-hydrogen) atoms. The van der Waals surface area contributed by atoms with E-state index < -0.39 is 11.2 Å². The van der Waals surface area contributed by atoms with Crippen molar-refractivity contribution in [1.29, 1.82) is 0 Å². The third-order valence-electron chi connectivity index (χ3n) is 3.96. The van der Waals surface area contributed by atoms with Crippen molar-refractivity contribution in [2.45, 2.75) is 76.7 Å². The van der Waals surface area contributed by atoms with Crippen molar-refractivity contribution >= 4 is 6.09 Å². The summed E-state index contributed by atoms with van der Waals surface area (Å²) in [5, 5.41) is 10.8. The normalized spacial score (nSPS) is 31.2. The summed E-state index contributed by atoms with van der Waals surface area (Å²) in [5.41, 5.74) is -1.35. The molecule has 2 rings (SSSR count). The Morgan fingerprint density at radius 3 is 2.41 bits per heavy atom. The molecule has 0 aliphatic carbocycles. The van der Waals surface area contributed by atoms with Crippen molar-refractivity contribution in [2.75, 3.05) is 13.2 Å². The molecule has 0 saturated carbocycles. The average molecular weight is 309 g/mol. The Morgan fingerprint density at radius 2 is 1.91 bits per heavy atom. The van der Waals surface area contributed by atoms with Gasteiger partial charge in [0.15, 0.2) is 0 Å². The van der Waals surface area contributed by atoms with Crippen molar-refractivity contribution in [3.63, 3.8) is 0 Å². The van der Waals surface area contributed by atoms with E-state index in [0.29, 0.717) is 32.5 Å². The predicted octanol–water partition coefficient (Wildman–Crippen LogP) is 2.32. The first kappa shape index (κ1) is 17.1. The fraction of sp³-hybridized carbons (Fsp3) is 0.824. The van der Waals surface area contributed by atoms with E-state index in [2.05, 4.69) is 11.8 Å². The summed E-state index contributed by atoms with van der Waals surface area (Å²) < 4.78 is 11.1. The number of carbonyl (C=O) groups excluding carboxylic acids is 1. The number of hydrogen-bond acceptors (Lipinski definition) is 4. The maximum atomic E-state index is 12.4. The molecule has 0 aromatic carbocycles. The third kappa shape index (κ3) is 4.15. The predicted molar refractivity (Wildman–Crippen MR) is 83.3 cm³/mol. The molecule has 2 bridgehead atoms. The van der Waals surface area contributed by atoms with Gasteiger partial charge in [-0.05, 0) is 33.6 Å². The Bertz CT molecular complexity index is 457. The lowest BCUT2D eigenvalue weighted by Gasteiger charge is -2.50. The quantitative estimate of drug-likeness (QED) is 0.755. The van der Waals surface area contributed by atoms with E-state index in [9.17, 15) is 9.90 Å². The number of aliphatic hydroxyl groups is 1. The van der Waals surface area contributed by atoms with E-state index in [4.69, 9.17) is 9.47 Å². The van der Waals surface area contributed by atoms with Gasteiger partial charge in [-0.1, -0.05) is 6.92 Å². The lowest BCUT2D eigenvalue weighted by atomic mass is 9.79. The molecule has 0 aromatic rings. The van der Waals surface area contributed by atoms with E-state index in [1.807, 2.05) is 27.7 Å². The number of piperidine rings is 1. The van der Waals surface area contributed by atoms with Crippen LogP contribution < -0.4 is 0 Å². The Balaban J connectivity index is 2.09. The highest BCUT2D eigenvalue weighted by atomic mass is 16.6. The molecule has 2 saturated heterocycles. The van der Waals surface area contributed by atoms with Crippen LogP contribution in [0, 0.1) is 11.8 Å². The highest BCUT2D eigenvalue weighted by Crippen LogP contribution is 2.37. The van der Waals surface area contributed by atoms with E-state index in [-0.39, 0.29) is 18.2 Å². The molecule has 1 N–H and O–H groups in total. The number of amides is 1. The fourth-order valence-electron chi connectivity index (χ4n) is 3.18. The SMILES string of the molecule is CCC#CCC1(O)CC2COCC(C1)N2C(=O)OC(C)(C)C. The van der Waals surface area contributed by atoms with Crippen LogP contribution >= 0.6 is 0 Å². The lowest BCUT2D eigenvalue weighted by molar-refractivity contribution is -0.136. The molecule has 0 spiro atoms. The van der Waals surface area contributed by atoms with Gasteiger partial charge in [-0.2, -0.15) is 0 Å². The van der Waals surface area contributed by atoms with E-state index in [1.54, 1.807) is 4.90 Å². The van der Waals surface area contributed by atoms with Crippen LogP contribution in [-0.2, 0) is 9.47 Å². The smallest absolute Gasteiger partial charge is 0.410 e. The van der Waals surface area contributed by atoms with Gasteiger partial charge in [-0.25, -0.2) is 4.79 Å². The fourth-order valence-corrected chi connectivity index (χ4v) is 3.18. The van der Waals surface area contributed by atoms with Crippen LogP contribution in [-0.4, -0.2) is 52.6 Å². The van der Waals surface area contributed by atoms with E-state index in [1.165, 1.54) is 0 Å². The van der Waals surface area contributed by atoms with Gasteiger partial charge in [-0.15, -0.1) is 11.8 Å². The summed E-state index contributed by atoms with van der Waals surface area (Å²) in [6, 6.07) is -0.286. The summed E-state index contributed by atoms with van der Waals surface area (Å²) in [6.07, 6.45) is 1.90. The standard InChI is InChI=1S/C17H27NO4/c1-5-6-7-8-17(20)9-13-11-21-12-14(10-17)18(13)15(19)22-16(2,3)4/h13-14,20H,5,8-12H2,1-4H3. The number of morpholine rings is 1. The number of hydrogen-bond donors (Lipinski definition) is 1. The van der Waals surface area contributed by atoms with Crippen LogP contribution in [0.15, 0.2) is 0 Å². The first-order valence-corrected chi connectivity index (χ1v) is 8.01. The second-order valence-corrected chi connectivity index (χ2v) is 7.25. The Kier molecular flexibility index (Phi) is 5.03. The van der Waals surface area contributed by atoms with Crippen LogP contribution in [0.5, 0.6) is 0 Å². The summed E-state index contributed by atoms with van der Waals surface area (Å²) in [6.45, 7) is 8.46. The van der Waals surface area contributed by atoms with Crippen molar-refractivity contribution in [1.82, 2.24) is 4.90 Å². The number of rotatable bonds is 1. The molecular weight excluding hydrogens is 282 g/mol. The van der Waals surface area contributed by atoms with Crippen LogP contribution in [0.4, 0.5) is 4.79 Å². The summed E-state index contributed by atoms with van der Waals surface area (Å²) >= 11 is 0. The maximum absolute atomic E-state index is 12.4. The van der Waals surface area contributed by atoms with Gasteiger partial charge in [0.1, 0.15) is 5.60 Å². The minimum Gasteiger partial charge on any atom is -0.444 e. The molecule has 2 aliphatic rings. The van der Waals surface area contributed by atoms with Crippen LogP contribution in [0.2, 0.25) is 0 Å². The highest BCUT2D eigenvalue weighted by Gasteiger charge is 2.48. The molecule has 2 unspecified atom stereocenters. The topological polar surface area (TPSA) is 59.0 Å². The Morgan fingerprint density at radius 1 is 1.32 bits per heavy atom. The third-order valence-corrected chi connectivity index (χ3v) is 3.96. The van der Waals surface area contributed by atoms with E-state index in [0.717, 1.165) is 6.42 Å². The van der Waals surface area contributed by atoms with Gasteiger partial charge in [-0.3, -0.25) is 4.90 Å². The number of nitrogens with zero attached hydrogens (tertiary/aromatic N) is 1. The lowest BCUT2D eigenvalue weighted by Crippen LogP contribution is -2.63. The minimum absolute atomic E-state index is 0.143. The van der Waals surface area contributed by atoms with E-state index >= 15 is 0 Å². The van der Waals surface area contributed by atoms with Crippen LogP contribution in [0.1, 0.15) is 53.4 Å². The second-order valence-electron chi connectivity index (χ2n) is 7.25. The summed E-state index contributed by atoms with van der Waals surface area (Å²) in [4.78, 5) is 14.2. The van der Waals surface area contributed by atoms with Crippen LogP contribution in [0.25, 0.3) is 0 Å². The molecule has 5 nitrogen and oxygen atoms in total. The highest BCUT2D eigenvalue weighted by molar-refractivity contribution is 5.69. The molecule has 2 aliphatic heterocycles. The van der Waals surface area contributed by atoms with Crippen molar-refractivity contribution < 1.29 is 19.4 Å². The van der Waals surface area contributed by atoms with Gasteiger partial charge < -0.3 is 14.6 Å². The largest absolute Gasteiger partial charge is 0.444 e.